The van der Waals surface area contributed by atoms with Gasteiger partial charge in [-0.05, 0) is 60.4 Å². The molecule has 0 unspecified atom stereocenters. The molecule has 0 spiro atoms. The topological polar surface area (TPSA) is 78.4 Å². The molecule has 0 atom stereocenters. The zero-order valence-corrected chi connectivity index (χ0v) is 23.0. The first-order valence-electron chi connectivity index (χ1n) is 12.5. The number of pyridine rings is 1. The molecule has 0 saturated heterocycles. The highest BCUT2D eigenvalue weighted by atomic mass is 35.5. The van der Waals surface area contributed by atoms with Crippen LogP contribution in [-0.4, -0.2) is 29.2 Å². The zero-order chi connectivity index (χ0) is 27.4. The SMILES string of the molecule is COc1ccc(CNc2ncnc3c(-c4c(C)ccc(OCc5ccccc5)c4C)cc(Cl)nc23)c(OC)c1. The molecule has 0 saturated carbocycles. The lowest BCUT2D eigenvalue weighted by Crippen LogP contribution is -2.06. The fourth-order valence-corrected chi connectivity index (χ4v) is 4.83. The van der Waals surface area contributed by atoms with Crippen molar-refractivity contribution in [2.75, 3.05) is 19.5 Å². The Balaban J connectivity index is 1.51. The Hall–Kier alpha value is -4.36. The molecule has 0 amide bonds. The minimum Gasteiger partial charge on any atom is -0.497 e. The number of anilines is 1. The van der Waals surface area contributed by atoms with Gasteiger partial charge in [-0.15, -0.1) is 0 Å². The molecule has 2 heterocycles. The van der Waals surface area contributed by atoms with Crippen LogP contribution in [0.15, 0.2) is 73.1 Å². The lowest BCUT2D eigenvalue weighted by Gasteiger charge is -2.18. The number of methoxy groups -OCH3 is 2. The predicted molar refractivity (Wildman–Crippen MR) is 155 cm³/mol. The minimum atomic E-state index is 0.354. The summed E-state index contributed by atoms with van der Waals surface area (Å²) in [5, 5.41) is 3.74. The number of hydrogen-bond donors (Lipinski definition) is 1. The second-order valence-electron chi connectivity index (χ2n) is 9.10. The van der Waals surface area contributed by atoms with E-state index in [4.69, 9.17) is 25.8 Å². The number of rotatable bonds is 9. The van der Waals surface area contributed by atoms with Gasteiger partial charge in [-0.3, -0.25) is 0 Å². The molecular weight excluding hydrogens is 512 g/mol. The van der Waals surface area contributed by atoms with Crippen molar-refractivity contribution in [2.45, 2.75) is 27.0 Å². The molecule has 2 aromatic heterocycles. The summed E-state index contributed by atoms with van der Waals surface area (Å²) in [7, 11) is 3.26. The van der Waals surface area contributed by atoms with Crippen LogP contribution in [-0.2, 0) is 13.2 Å². The maximum Gasteiger partial charge on any atom is 0.156 e. The van der Waals surface area contributed by atoms with E-state index in [0.717, 1.165) is 44.9 Å². The Bertz CT molecular complexity index is 1630. The van der Waals surface area contributed by atoms with E-state index in [2.05, 4.69) is 40.2 Å². The van der Waals surface area contributed by atoms with Gasteiger partial charge >= 0.3 is 0 Å². The maximum atomic E-state index is 6.57. The second kappa shape index (κ2) is 11.6. The fourth-order valence-electron chi connectivity index (χ4n) is 4.64. The number of ether oxygens (including phenoxy) is 3. The van der Waals surface area contributed by atoms with Gasteiger partial charge in [-0.2, -0.15) is 0 Å². The lowest BCUT2D eigenvalue weighted by molar-refractivity contribution is 0.304. The first kappa shape index (κ1) is 26.3. The molecule has 198 valence electrons. The molecule has 0 aliphatic rings. The van der Waals surface area contributed by atoms with Gasteiger partial charge < -0.3 is 19.5 Å². The molecule has 0 fully saturated rings. The number of nitrogens with one attached hydrogen (secondary N) is 1. The summed E-state index contributed by atoms with van der Waals surface area (Å²) in [5.41, 5.74) is 7.31. The number of aromatic nitrogens is 3. The molecule has 3 aromatic carbocycles. The van der Waals surface area contributed by atoms with E-state index in [1.54, 1.807) is 14.2 Å². The molecule has 0 bridgehead atoms. The first-order valence-corrected chi connectivity index (χ1v) is 12.9. The molecule has 0 aliphatic heterocycles. The van der Waals surface area contributed by atoms with Gasteiger partial charge in [-0.25, -0.2) is 15.0 Å². The van der Waals surface area contributed by atoms with Crippen LogP contribution in [0.3, 0.4) is 0 Å². The number of hydrogen-bond acceptors (Lipinski definition) is 7. The predicted octanol–water partition coefficient (Wildman–Crippen LogP) is 7.17. The molecule has 8 heteroatoms. The normalized spacial score (nSPS) is 10.9. The summed E-state index contributed by atoms with van der Waals surface area (Å²) in [4.78, 5) is 13.7. The molecule has 1 N–H and O–H groups in total. The standard InChI is InChI=1S/C31H29ClN4O3/c1-19-10-13-25(39-17-21-8-6-5-7-9-21)20(2)28(19)24-15-27(32)36-30-29(24)34-18-35-31(30)33-16-22-11-12-23(37-3)14-26(22)38-4/h5-15,18H,16-17H2,1-4H3,(H,33,34,35). The van der Waals surface area contributed by atoms with Gasteiger partial charge in [0.1, 0.15) is 46.4 Å². The van der Waals surface area contributed by atoms with Gasteiger partial charge in [-0.1, -0.05) is 48.0 Å². The van der Waals surface area contributed by atoms with Crippen molar-refractivity contribution < 1.29 is 14.2 Å². The third-order valence-electron chi connectivity index (χ3n) is 6.63. The average Bonchev–Trinajstić information content (AvgIpc) is 2.96. The lowest BCUT2D eigenvalue weighted by atomic mass is 9.94. The Morgan fingerprint density at radius 1 is 0.846 bits per heavy atom. The molecule has 0 aliphatic carbocycles. The third kappa shape index (κ3) is 5.59. The summed E-state index contributed by atoms with van der Waals surface area (Å²) in [6, 6.07) is 21.7. The van der Waals surface area contributed by atoms with Crippen molar-refractivity contribution in [1.82, 2.24) is 15.0 Å². The van der Waals surface area contributed by atoms with Crippen LogP contribution in [0.5, 0.6) is 17.2 Å². The Morgan fingerprint density at radius 2 is 1.67 bits per heavy atom. The van der Waals surface area contributed by atoms with Crippen molar-refractivity contribution in [1.29, 1.82) is 0 Å². The molecular formula is C31H29ClN4O3. The summed E-state index contributed by atoms with van der Waals surface area (Å²) in [5.74, 6) is 2.82. The molecule has 7 nitrogen and oxygen atoms in total. The van der Waals surface area contributed by atoms with E-state index in [-0.39, 0.29) is 0 Å². The van der Waals surface area contributed by atoms with Crippen LogP contribution >= 0.6 is 11.6 Å². The van der Waals surface area contributed by atoms with E-state index < -0.39 is 0 Å². The van der Waals surface area contributed by atoms with Gasteiger partial charge in [0.15, 0.2) is 5.82 Å². The summed E-state index contributed by atoms with van der Waals surface area (Å²) >= 11 is 6.57. The van der Waals surface area contributed by atoms with Crippen molar-refractivity contribution in [3.63, 3.8) is 0 Å². The third-order valence-corrected chi connectivity index (χ3v) is 6.82. The van der Waals surface area contributed by atoms with E-state index >= 15 is 0 Å². The maximum absolute atomic E-state index is 6.57. The highest BCUT2D eigenvalue weighted by molar-refractivity contribution is 6.30. The number of nitrogens with zero attached hydrogens (tertiary/aromatic N) is 3. The molecule has 5 aromatic rings. The molecule has 39 heavy (non-hydrogen) atoms. The largest absolute Gasteiger partial charge is 0.497 e. The van der Waals surface area contributed by atoms with Crippen LogP contribution in [0.25, 0.3) is 22.2 Å². The van der Waals surface area contributed by atoms with Crippen LogP contribution in [0, 0.1) is 13.8 Å². The van der Waals surface area contributed by atoms with E-state index in [1.165, 1.54) is 6.33 Å². The van der Waals surface area contributed by atoms with Crippen molar-refractivity contribution >= 4 is 28.5 Å². The van der Waals surface area contributed by atoms with Gasteiger partial charge in [0.25, 0.3) is 0 Å². The van der Waals surface area contributed by atoms with E-state index in [1.807, 2.05) is 60.7 Å². The Morgan fingerprint density at radius 3 is 2.44 bits per heavy atom. The Kier molecular flexibility index (Phi) is 7.79. The smallest absolute Gasteiger partial charge is 0.156 e. The number of aryl methyl sites for hydroxylation is 1. The number of fused-ring (bicyclic) bond motifs is 1. The quantitative estimate of drug-likeness (QED) is 0.198. The average molecular weight is 541 g/mol. The van der Waals surface area contributed by atoms with Crippen LogP contribution < -0.4 is 19.5 Å². The Labute approximate surface area is 232 Å². The van der Waals surface area contributed by atoms with E-state index in [0.29, 0.717) is 40.9 Å². The summed E-state index contributed by atoms with van der Waals surface area (Å²) in [6.07, 6.45) is 1.54. The highest BCUT2D eigenvalue weighted by Gasteiger charge is 2.18. The molecule has 5 rings (SSSR count). The highest BCUT2D eigenvalue weighted by Crippen LogP contribution is 2.38. The van der Waals surface area contributed by atoms with Crippen molar-refractivity contribution in [2.24, 2.45) is 0 Å². The van der Waals surface area contributed by atoms with Gasteiger partial charge in [0.05, 0.1) is 14.2 Å². The van der Waals surface area contributed by atoms with Crippen LogP contribution in [0.2, 0.25) is 5.15 Å². The van der Waals surface area contributed by atoms with Gasteiger partial charge in [0.2, 0.25) is 0 Å². The zero-order valence-electron chi connectivity index (χ0n) is 22.3. The summed E-state index contributed by atoms with van der Waals surface area (Å²) < 4.78 is 17.1. The van der Waals surface area contributed by atoms with Crippen LogP contribution in [0.4, 0.5) is 5.82 Å². The number of benzene rings is 3. The summed E-state index contributed by atoms with van der Waals surface area (Å²) in [6.45, 7) is 5.07. The monoisotopic (exact) mass is 540 g/mol. The minimum absolute atomic E-state index is 0.354. The second-order valence-corrected chi connectivity index (χ2v) is 9.49. The number of halogens is 1. The van der Waals surface area contributed by atoms with Crippen LogP contribution in [0.1, 0.15) is 22.3 Å². The van der Waals surface area contributed by atoms with Gasteiger partial charge in [0, 0.05) is 23.7 Å². The molecule has 0 radical (unpaired) electrons. The first-order chi connectivity index (χ1) is 19.0. The van der Waals surface area contributed by atoms with E-state index in [9.17, 15) is 0 Å². The fraction of sp³-hybridized carbons (Fsp3) is 0.194. The van der Waals surface area contributed by atoms with Crippen molar-refractivity contribution in [3.8, 4) is 28.4 Å². The van der Waals surface area contributed by atoms with Crippen molar-refractivity contribution in [3.05, 3.63) is 100 Å².